The maximum atomic E-state index is 5.18. The highest BCUT2D eigenvalue weighted by atomic mass is 79.9. The summed E-state index contributed by atoms with van der Waals surface area (Å²) >= 11 is 3.33. The standard InChI is InChI=1S/C10H12BrN5O/c11-8-7(1-6-17-8)9-13-10(15-14-9)16-4-2-12-3-5-16/h1,6,12H,2-5H2,(H,13,14,15). The van der Waals surface area contributed by atoms with Gasteiger partial charge in [-0.25, -0.2) is 0 Å². The highest BCUT2D eigenvalue weighted by molar-refractivity contribution is 9.10. The van der Waals surface area contributed by atoms with Crippen LogP contribution < -0.4 is 10.2 Å². The third-order valence-corrected chi connectivity index (χ3v) is 3.36. The van der Waals surface area contributed by atoms with Crippen LogP contribution in [0.15, 0.2) is 21.4 Å². The van der Waals surface area contributed by atoms with Gasteiger partial charge in [-0.2, -0.15) is 4.98 Å². The first-order chi connectivity index (χ1) is 8.34. The summed E-state index contributed by atoms with van der Waals surface area (Å²) in [7, 11) is 0. The molecule has 2 N–H and O–H groups in total. The van der Waals surface area contributed by atoms with Crippen LogP contribution in [0, 0.1) is 0 Å². The zero-order valence-corrected chi connectivity index (χ0v) is 10.7. The Kier molecular flexibility index (Phi) is 2.86. The number of halogens is 1. The number of hydrogen-bond donors (Lipinski definition) is 2. The summed E-state index contributed by atoms with van der Waals surface area (Å²) in [5.41, 5.74) is 0.888. The van der Waals surface area contributed by atoms with Crippen molar-refractivity contribution < 1.29 is 4.42 Å². The predicted molar refractivity (Wildman–Crippen MR) is 66.9 cm³/mol. The Morgan fingerprint density at radius 3 is 2.88 bits per heavy atom. The Morgan fingerprint density at radius 1 is 1.35 bits per heavy atom. The van der Waals surface area contributed by atoms with E-state index in [1.54, 1.807) is 6.26 Å². The predicted octanol–water partition coefficient (Wildman–Crippen LogP) is 1.24. The summed E-state index contributed by atoms with van der Waals surface area (Å²) in [6.45, 7) is 3.81. The van der Waals surface area contributed by atoms with E-state index in [0.29, 0.717) is 4.67 Å². The maximum Gasteiger partial charge on any atom is 0.245 e. The molecule has 7 heteroatoms. The average Bonchev–Trinajstić information content (AvgIpc) is 2.98. The number of rotatable bonds is 2. The molecule has 1 saturated heterocycles. The second-order valence-corrected chi connectivity index (χ2v) is 4.55. The average molecular weight is 298 g/mol. The lowest BCUT2D eigenvalue weighted by Crippen LogP contribution is -2.44. The van der Waals surface area contributed by atoms with Crippen molar-refractivity contribution in [1.29, 1.82) is 0 Å². The lowest BCUT2D eigenvalue weighted by Gasteiger charge is -2.25. The van der Waals surface area contributed by atoms with Gasteiger partial charge in [0.25, 0.3) is 0 Å². The fourth-order valence-electron chi connectivity index (χ4n) is 1.84. The van der Waals surface area contributed by atoms with Gasteiger partial charge in [-0.15, -0.1) is 5.10 Å². The summed E-state index contributed by atoms with van der Waals surface area (Å²) in [5, 5.41) is 10.5. The number of aromatic nitrogens is 3. The minimum absolute atomic E-state index is 0.667. The Labute approximate surface area is 107 Å². The molecule has 0 spiro atoms. The molecule has 0 amide bonds. The normalized spacial score (nSPS) is 16.4. The largest absolute Gasteiger partial charge is 0.457 e. The van der Waals surface area contributed by atoms with Crippen LogP contribution in [0.4, 0.5) is 5.95 Å². The van der Waals surface area contributed by atoms with Gasteiger partial charge in [-0.1, -0.05) is 0 Å². The van der Waals surface area contributed by atoms with Crippen molar-refractivity contribution in [2.45, 2.75) is 0 Å². The number of aromatic amines is 1. The van der Waals surface area contributed by atoms with E-state index in [2.05, 4.69) is 41.3 Å². The number of H-pyrrole nitrogens is 1. The zero-order valence-electron chi connectivity index (χ0n) is 9.11. The molecule has 1 aliphatic heterocycles. The molecule has 0 atom stereocenters. The van der Waals surface area contributed by atoms with Crippen molar-refractivity contribution in [3.63, 3.8) is 0 Å². The molecule has 3 heterocycles. The summed E-state index contributed by atoms with van der Waals surface area (Å²) in [6.07, 6.45) is 1.62. The van der Waals surface area contributed by atoms with Gasteiger partial charge in [0.2, 0.25) is 5.95 Å². The van der Waals surface area contributed by atoms with Crippen LogP contribution in [-0.4, -0.2) is 41.4 Å². The Balaban J connectivity index is 1.85. The van der Waals surface area contributed by atoms with E-state index in [1.807, 2.05) is 6.07 Å². The third-order valence-electron chi connectivity index (χ3n) is 2.75. The molecule has 0 aromatic carbocycles. The first kappa shape index (κ1) is 10.8. The van der Waals surface area contributed by atoms with Crippen LogP contribution in [0.1, 0.15) is 0 Å². The number of hydrogen-bond acceptors (Lipinski definition) is 5. The number of nitrogens with one attached hydrogen (secondary N) is 2. The van der Waals surface area contributed by atoms with Gasteiger partial charge in [-0.3, -0.25) is 5.10 Å². The van der Waals surface area contributed by atoms with E-state index in [1.165, 1.54) is 0 Å². The van der Waals surface area contributed by atoms with Gasteiger partial charge in [0.1, 0.15) is 0 Å². The maximum absolute atomic E-state index is 5.18. The minimum Gasteiger partial charge on any atom is -0.457 e. The monoisotopic (exact) mass is 297 g/mol. The quantitative estimate of drug-likeness (QED) is 0.873. The number of piperazine rings is 1. The van der Waals surface area contributed by atoms with Gasteiger partial charge in [0.15, 0.2) is 10.5 Å². The molecule has 1 aliphatic rings. The van der Waals surface area contributed by atoms with Crippen LogP contribution >= 0.6 is 15.9 Å². The number of furan rings is 1. The van der Waals surface area contributed by atoms with Crippen molar-refractivity contribution in [3.05, 3.63) is 17.0 Å². The molecule has 0 radical (unpaired) electrons. The molecule has 90 valence electrons. The SMILES string of the molecule is Brc1occc1-c1nc(N2CCNCC2)n[nH]1. The van der Waals surface area contributed by atoms with Gasteiger partial charge >= 0.3 is 0 Å². The fourth-order valence-corrected chi connectivity index (χ4v) is 2.27. The van der Waals surface area contributed by atoms with Gasteiger partial charge in [-0.05, 0) is 22.0 Å². The first-order valence-corrected chi connectivity index (χ1v) is 6.25. The van der Waals surface area contributed by atoms with Crippen molar-refractivity contribution in [3.8, 4) is 11.4 Å². The Hall–Kier alpha value is -1.34. The molecule has 2 aromatic rings. The molecule has 6 nitrogen and oxygen atoms in total. The van der Waals surface area contributed by atoms with Crippen LogP contribution in [-0.2, 0) is 0 Å². The van der Waals surface area contributed by atoms with Crippen molar-refractivity contribution >= 4 is 21.9 Å². The molecule has 0 bridgehead atoms. The van der Waals surface area contributed by atoms with E-state index in [9.17, 15) is 0 Å². The number of anilines is 1. The fraction of sp³-hybridized carbons (Fsp3) is 0.400. The lowest BCUT2D eigenvalue weighted by atomic mass is 10.3. The lowest BCUT2D eigenvalue weighted by molar-refractivity contribution is 0.542. The van der Waals surface area contributed by atoms with Gasteiger partial charge in [0, 0.05) is 26.2 Å². The molecule has 1 fully saturated rings. The van der Waals surface area contributed by atoms with Gasteiger partial charge in [0.05, 0.1) is 11.8 Å². The molecular weight excluding hydrogens is 286 g/mol. The van der Waals surface area contributed by atoms with Crippen LogP contribution in [0.25, 0.3) is 11.4 Å². The van der Waals surface area contributed by atoms with E-state index in [4.69, 9.17) is 4.42 Å². The molecule has 2 aromatic heterocycles. The summed E-state index contributed by atoms with van der Waals surface area (Å²) in [4.78, 5) is 6.64. The zero-order chi connectivity index (χ0) is 11.7. The van der Waals surface area contributed by atoms with E-state index in [0.717, 1.165) is 43.5 Å². The Morgan fingerprint density at radius 2 is 2.18 bits per heavy atom. The second kappa shape index (κ2) is 4.50. The van der Waals surface area contributed by atoms with Crippen LogP contribution in [0.3, 0.4) is 0 Å². The highest BCUT2D eigenvalue weighted by Crippen LogP contribution is 2.27. The van der Waals surface area contributed by atoms with Crippen molar-refractivity contribution in [2.75, 3.05) is 31.1 Å². The molecule has 17 heavy (non-hydrogen) atoms. The highest BCUT2D eigenvalue weighted by Gasteiger charge is 2.17. The Bertz CT molecular complexity index is 502. The summed E-state index contributed by atoms with van der Waals surface area (Å²) < 4.78 is 5.85. The van der Waals surface area contributed by atoms with Crippen molar-refractivity contribution in [2.24, 2.45) is 0 Å². The van der Waals surface area contributed by atoms with Crippen LogP contribution in [0.2, 0.25) is 0 Å². The first-order valence-electron chi connectivity index (χ1n) is 5.46. The van der Waals surface area contributed by atoms with Gasteiger partial charge < -0.3 is 14.6 Å². The molecule has 3 rings (SSSR count). The topological polar surface area (TPSA) is 70.0 Å². The molecule has 0 aliphatic carbocycles. The second-order valence-electron chi connectivity index (χ2n) is 3.83. The number of nitrogens with zero attached hydrogens (tertiary/aromatic N) is 3. The molecular formula is C10H12BrN5O. The molecule has 0 unspecified atom stereocenters. The van der Waals surface area contributed by atoms with E-state index in [-0.39, 0.29) is 0 Å². The summed E-state index contributed by atoms with van der Waals surface area (Å²) in [5.74, 6) is 1.47. The van der Waals surface area contributed by atoms with Crippen LogP contribution in [0.5, 0.6) is 0 Å². The minimum atomic E-state index is 0.667. The van der Waals surface area contributed by atoms with E-state index >= 15 is 0 Å². The summed E-state index contributed by atoms with van der Waals surface area (Å²) in [6, 6.07) is 1.85. The van der Waals surface area contributed by atoms with Crippen molar-refractivity contribution in [1.82, 2.24) is 20.5 Å². The van der Waals surface area contributed by atoms with E-state index < -0.39 is 0 Å². The third kappa shape index (κ3) is 2.07. The molecule has 0 saturated carbocycles. The smallest absolute Gasteiger partial charge is 0.245 e.